The van der Waals surface area contributed by atoms with Gasteiger partial charge in [-0.2, -0.15) is 0 Å². The molecular weight excluding hydrogens is 330 g/mol. The van der Waals surface area contributed by atoms with Gasteiger partial charge in [-0.1, -0.05) is 36.4 Å². The van der Waals surface area contributed by atoms with Crippen LogP contribution in [0, 0.1) is 0 Å². The molecule has 128 valence electrons. The molecule has 5 nitrogen and oxygen atoms in total. The minimum absolute atomic E-state index is 0.221. The molecule has 0 unspecified atom stereocenters. The normalized spacial score (nSPS) is 14.1. The lowest BCUT2D eigenvalue weighted by Gasteiger charge is -2.14. The Labute approximate surface area is 149 Å². The van der Waals surface area contributed by atoms with Crippen LogP contribution in [-0.2, 0) is 9.59 Å². The van der Waals surface area contributed by atoms with E-state index in [-0.39, 0.29) is 24.7 Å². The number of esters is 1. The van der Waals surface area contributed by atoms with Crippen molar-refractivity contribution in [3.05, 3.63) is 72.3 Å². The van der Waals surface area contributed by atoms with E-state index in [0.717, 1.165) is 15.7 Å². The Morgan fingerprint density at radius 3 is 2.19 bits per heavy atom. The molecule has 0 spiro atoms. The Hall–Kier alpha value is -3.47. The highest BCUT2D eigenvalue weighted by atomic mass is 16.5. The van der Waals surface area contributed by atoms with E-state index in [1.54, 1.807) is 30.3 Å². The van der Waals surface area contributed by atoms with Gasteiger partial charge in [0.2, 0.25) is 11.8 Å². The van der Waals surface area contributed by atoms with Crippen LogP contribution in [0.1, 0.15) is 23.2 Å². The molecule has 3 aromatic carbocycles. The van der Waals surface area contributed by atoms with Gasteiger partial charge in [0.05, 0.1) is 11.3 Å². The number of fused-ring (bicyclic) bond motifs is 1. The molecule has 0 N–H and O–H groups in total. The van der Waals surface area contributed by atoms with Gasteiger partial charge in [-0.05, 0) is 35.7 Å². The first-order valence-corrected chi connectivity index (χ1v) is 8.29. The van der Waals surface area contributed by atoms with E-state index in [1.165, 1.54) is 0 Å². The highest BCUT2D eigenvalue weighted by Gasteiger charge is 2.30. The van der Waals surface area contributed by atoms with Crippen molar-refractivity contribution >= 4 is 34.2 Å². The maximum Gasteiger partial charge on any atom is 0.343 e. The summed E-state index contributed by atoms with van der Waals surface area (Å²) in [6.45, 7) is 0. The van der Waals surface area contributed by atoms with Gasteiger partial charge in [0.25, 0.3) is 0 Å². The minimum Gasteiger partial charge on any atom is -0.422 e. The number of amides is 2. The summed E-state index contributed by atoms with van der Waals surface area (Å²) < 4.78 is 5.53. The number of anilines is 1. The van der Waals surface area contributed by atoms with Gasteiger partial charge in [-0.15, -0.1) is 0 Å². The summed E-state index contributed by atoms with van der Waals surface area (Å²) in [7, 11) is 0. The summed E-state index contributed by atoms with van der Waals surface area (Å²) in [4.78, 5) is 37.2. The maximum absolute atomic E-state index is 12.4. The smallest absolute Gasteiger partial charge is 0.343 e. The Balaban J connectivity index is 1.57. The van der Waals surface area contributed by atoms with Crippen molar-refractivity contribution in [1.29, 1.82) is 0 Å². The second-order valence-electron chi connectivity index (χ2n) is 6.04. The Bertz CT molecular complexity index is 1000. The zero-order valence-electron chi connectivity index (χ0n) is 13.8. The molecule has 0 bridgehead atoms. The van der Waals surface area contributed by atoms with Crippen molar-refractivity contribution < 1.29 is 19.1 Å². The van der Waals surface area contributed by atoms with Crippen molar-refractivity contribution in [1.82, 2.24) is 0 Å². The Morgan fingerprint density at radius 1 is 0.808 bits per heavy atom. The van der Waals surface area contributed by atoms with E-state index in [4.69, 9.17) is 4.74 Å². The first-order chi connectivity index (χ1) is 12.6. The van der Waals surface area contributed by atoms with Crippen molar-refractivity contribution in [2.24, 2.45) is 0 Å². The Morgan fingerprint density at radius 2 is 1.46 bits per heavy atom. The van der Waals surface area contributed by atoms with Crippen LogP contribution in [-0.4, -0.2) is 17.8 Å². The summed E-state index contributed by atoms with van der Waals surface area (Å²) in [6, 6.07) is 19.5. The number of carbonyl (C=O) groups is 3. The van der Waals surface area contributed by atoms with E-state index >= 15 is 0 Å². The van der Waals surface area contributed by atoms with E-state index in [9.17, 15) is 14.4 Å². The van der Waals surface area contributed by atoms with Gasteiger partial charge >= 0.3 is 5.97 Å². The van der Waals surface area contributed by atoms with E-state index < -0.39 is 5.97 Å². The van der Waals surface area contributed by atoms with E-state index in [2.05, 4.69) is 0 Å². The summed E-state index contributed by atoms with van der Waals surface area (Å²) in [6.07, 6.45) is 0.452. The molecule has 1 fully saturated rings. The summed E-state index contributed by atoms with van der Waals surface area (Å²) >= 11 is 0. The monoisotopic (exact) mass is 345 g/mol. The number of ether oxygens (including phenoxy) is 1. The lowest BCUT2D eigenvalue weighted by Crippen LogP contribution is -2.28. The number of imide groups is 1. The average Bonchev–Trinajstić information content (AvgIpc) is 3.00. The minimum atomic E-state index is -0.494. The van der Waals surface area contributed by atoms with E-state index in [0.29, 0.717) is 17.0 Å². The van der Waals surface area contributed by atoms with Gasteiger partial charge < -0.3 is 4.74 Å². The van der Waals surface area contributed by atoms with Crippen molar-refractivity contribution in [3.8, 4) is 5.75 Å². The topological polar surface area (TPSA) is 63.7 Å². The molecule has 1 aliphatic heterocycles. The second-order valence-corrected chi connectivity index (χ2v) is 6.04. The number of hydrogen-bond acceptors (Lipinski definition) is 4. The van der Waals surface area contributed by atoms with Crippen LogP contribution in [0.4, 0.5) is 5.69 Å². The fraction of sp³-hybridized carbons (Fsp3) is 0.0952. The van der Waals surface area contributed by atoms with Crippen molar-refractivity contribution in [3.63, 3.8) is 0 Å². The molecule has 26 heavy (non-hydrogen) atoms. The van der Waals surface area contributed by atoms with Crippen LogP contribution in [0.2, 0.25) is 0 Å². The molecule has 0 saturated carbocycles. The number of carbonyl (C=O) groups excluding carboxylic acids is 3. The number of hydrogen-bond donors (Lipinski definition) is 0. The molecule has 1 aliphatic rings. The van der Waals surface area contributed by atoms with Crippen molar-refractivity contribution in [2.75, 3.05) is 4.90 Å². The van der Waals surface area contributed by atoms with Gasteiger partial charge in [0, 0.05) is 18.2 Å². The molecule has 0 aliphatic carbocycles. The number of nitrogens with zero attached hydrogens (tertiary/aromatic N) is 1. The fourth-order valence-corrected chi connectivity index (χ4v) is 3.05. The van der Waals surface area contributed by atoms with Crippen LogP contribution < -0.4 is 9.64 Å². The molecule has 3 aromatic rings. The molecule has 0 aromatic heterocycles. The average molecular weight is 345 g/mol. The van der Waals surface area contributed by atoms with Gasteiger partial charge in [-0.25, -0.2) is 4.79 Å². The maximum atomic E-state index is 12.4. The second kappa shape index (κ2) is 6.44. The number of benzene rings is 3. The molecule has 1 saturated heterocycles. The van der Waals surface area contributed by atoms with Gasteiger partial charge in [0.1, 0.15) is 5.75 Å². The molecule has 1 heterocycles. The summed E-state index contributed by atoms with van der Waals surface area (Å²) in [5.41, 5.74) is 0.819. The predicted molar refractivity (Wildman–Crippen MR) is 97.1 cm³/mol. The van der Waals surface area contributed by atoms with Crippen LogP contribution in [0.25, 0.3) is 10.8 Å². The van der Waals surface area contributed by atoms with E-state index in [1.807, 2.05) is 36.4 Å². The molecule has 0 radical (unpaired) electrons. The highest BCUT2D eigenvalue weighted by Crippen LogP contribution is 2.27. The van der Waals surface area contributed by atoms with Gasteiger partial charge in [0.15, 0.2) is 0 Å². The first kappa shape index (κ1) is 16.0. The third-order valence-electron chi connectivity index (χ3n) is 4.37. The first-order valence-electron chi connectivity index (χ1n) is 8.29. The molecule has 5 heteroatoms. The lowest BCUT2D eigenvalue weighted by atomic mass is 10.1. The van der Waals surface area contributed by atoms with Crippen LogP contribution in [0.15, 0.2) is 66.7 Å². The SMILES string of the molecule is O=C(Oc1cccc2ccccc12)c1ccc(N2C(=O)CCC2=O)cc1. The molecular formula is C21H15NO4. The highest BCUT2D eigenvalue weighted by molar-refractivity contribution is 6.19. The third kappa shape index (κ3) is 2.84. The summed E-state index contributed by atoms with van der Waals surface area (Å²) in [5.74, 6) is -0.448. The van der Waals surface area contributed by atoms with Crippen LogP contribution >= 0.6 is 0 Å². The zero-order valence-corrected chi connectivity index (χ0v) is 13.8. The lowest BCUT2D eigenvalue weighted by molar-refractivity contribution is -0.121. The Kier molecular flexibility index (Phi) is 3.97. The van der Waals surface area contributed by atoms with Crippen LogP contribution in [0.5, 0.6) is 5.75 Å². The quantitative estimate of drug-likeness (QED) is 0.412. The summed E-state index contributed by atoms with van der Waals surface area (Å²) in [5, 5.41) is 1.84. The fourth-order valence-electron chi connectivity index (χ4n) is 3.05. The van der Waals surface area contributed by atoms with Crippen LogP contribution in [0.3, 0.4) is 0 Å². The zero-order chi connectivity index (χ0) is 18.1. The molecule has 4 rings (SSSR count). The standard InChI is InChI=1S/C21H15NO4/c23-19-12-13-20(24)22(19)16-10-8-15(9-11-16)21(25)26-18-7-3-5-14-4-1-2-6-17(14)18/h1-11H,12-13H2. The predicted octanol–water partition coefficient (Wildman–Crippen LogP) is 3.71. The molecule has 2 amide bonds. The molecule has 0 atom stereocenters. The van der Waals surface area contributed by atoms with Crippen molar-refractivity contribution in [2.45, 2.75) is 12.8 Å². The third-order valence-corrected chi connectivity index (χ3v) is 4.37. The van der Waals surface area contributed by atoms with Gasteiger partial charge in [-0.3, -0.25) is 14.5 Å². The number of rotatable bonds is 3. The largest absolute Gasteiger partial charge is 0.422 e.